The van der Waals surface area contributed by atoms with E-state index in [2.05, 4.69) is 9.72 Å². The van der Waals surface area contributed by atoms with Crippen molar-refractivity contribution < 1.29 is 14.3 Å². The number of methoxy groups -OCH3 is 1. The molecule has 1 N–H and O–H groups in total. The number of hydrogen-bond acceptors (Lipinski definition) is 4. The predicted octanol–water partition coefficient (Wildman–Crippen LogP) is 2.10. The molecular formula is C14H15NO4. The number of ether oxygens (including phenoxy) is 2. The van der Waals surface area contributed by atoms with Crippen LogP contribution in [0.1, 0.15) is 24.2 Å². The molecule has 1 aromatic carbocycles. The highest BCUT2D eigenvalue weighted by Gasteiger charge is 2.13. The lowest BCUT2D eigenvalue weighted by molar-refractivity contribution is 0.0599. The largest absolute Gasteiger partial charge is 0.491 e. The minimum Gasteiger partial charge on any atom is -0.491 e. The van der Waals surface area contributed by atoms with Gasteiger partial charge < -0.3 is 14.5 Å². The number of carbonyl (C=O) groups is 1. The highest BCUT2D eigenvalue weighted by Crippen LogP contribution is 2.18. The number of fused-ring (bicyclic) bond motifs is 1. The lowest BCUT2D eigenvalue weighted by Crippen LogP contribution is -2.17. The van der Waals surface area contributed by atoms with Crippen molar-refractivity contribution in [3.63, 3.8) is 0 Å². The number of esters is 1. The maximum absolute atomic E-state index is 12.2. The first-order valence-corrected chi connectivity index (χ1v) is 5.93. The number of carbonyl (C=O) groups excluding carboxylic acids is 1. The van der Waals surface area contributed by atoms with E-state index in [1.807, 2.05) is 13.8 Å². The second-order valence-electron chi connectivity index (χ2n) is 4.40. The van der Waals surface area contributed by atoms with Crippen LogP contribution in [0.3, 0.4) is 0 Å². The Morgan fingerprint density at radius 1 is 1.32 bits per heavy atom. The maximum Gasteiger partial charge on any atom is 0.343 e. The van der Waals surface area contributed by atoms with Gasteiger partial charge in [0.15, 0.2) is 0 Å². The molecule has 0 aliphatic heterocycles. The number of hydrogen-bond donors (Lipinski definition) is 1. The molecule has 0 bridgehead atoms. The molecule has 0 amide bonds. The van der Waals surface area contributed by atoms with Gasteiger partial charge in [0, 0.05) is 11.7 Å². The second-order valence-corrected chi connectivity index (χ2v) is 4.40. The van der Waals surface area contributed by atoms with Crippen LogP contribution in [0, 0.1) is 0 Å². The monoisotopic (exact) mass is 261 g/mol. The van der Waals surface area contributed by atoms with Gasteiger partial charge in [0.1, 0.15) is 11.3 Å². The normalized spacial score (nSPS) is 10.7. The van der Waals surface area contributed by atoms with Crippen LogP contribution in [0.2, 0.25) is 0 Å². The molecule has 0 radical (unpaired) electrons. The van der Waals surface area contributed by atoms with E-state index in [4.69, 9.17) is 4.74 Å². The SMILES string of the molecule is COC(=O)c1c[nH]c2ccc(OC(C)C)cc2c1=O. The van der Waals surface area contributed by atoms with E-state index in [0.717, 1.165) is 0 Å². The first-order valence-electron chi connectivity index (χ1n) is 5.93. The third-order valence-corrected chi connectivity index (χ3v) is 2.63. The van der Waals surface area contributed by atoms with Crippen LogP contribution in [0.5, 0.6) is 5.75 Å². The Labute approximate surface area is 110 Å². The quantitative estimate of drug-likeness (QED) is 0.859. The number of pyridine rings is 1. The van der Waals surface area contributed by atoms with Gasteiger partial charge in [-0.25, -0.2) is 4.79 Å². The summed E-state index contributed by atoms with van der Waals surface area (Å²) >= 11 is 0. The standard InChI is InChI=1S/C14H15NO4/c1-8(2)19-9-4-5-12-10(6-9)13(16)11(7-15-12)14(17)18-3/h4-8H,1-3H3,(H,15,16). The number of aromatic nitrogens is 1. The summed E-state index contributed by atoms with van der Waals surface area (Å²) in [6.07, 6.45) is 1.37. The average Bonchev–Trinajstić information content (AvgIpc) is 2.38. The molecular weight excluding hydrogens is 246 g/mol. The highest BCUT2D eigenvalue weighted by atomic mass is 16.5. The van der Waals surface area contributed by atoms with E-state index in [1.165, 1.54) is 13.3 Å². The van der Waals surface area contributed by atoms with E-state index in [-0.39, 0.29) is 17.1 Å². The topological polar surface area (TPSA) is 68.4 Å². The first kappa shape index (κ1) is 13.1. The summed E-state index contributed by atoms with van der Waals surface area (Å²) in [5, 5.41) is 0.404. The van der Waals surface area contributed by atoms with E-state index in [1.54, 1.807) is 18.2 Å². The van der Waals surface area contributed by atoms with Crippen molar-refractivity contribution in [1.82, 2.24) is 4.98 Å². The van der Waals surface area contributed by atoms with Crippen molar-refractivity contribution in [2.24, 2.45) is 0 Å². The molecule has 1 aromatic heterocycles. The van der Waals surface area contributed by atoms with Gasteiger partial charge in [-0.15, -0.1) is 0 Å². The number of H-pyrrole nitrogens is 1. The molecule has 1 heterocycles. The van der Waals surface area contributed by atoms with Gasteiger partial charge in [-0.2, -0.15) is 0 Å². The number of nitrogens with one attached hydrogen (secondary N) is 1. The second kappa shape index (κ2) is 5.14. The molecule has 0 atom stereocenters. The molecule has 0 aliphatic rings. The van der Waals surface area contributed by atoms with Crippen LogP contribution < -0.4 is 10.2 Å². The summed E-state index contributed by atoms with van der Waals surface area (Å²) < 4.78 is 10.1. The van der Waals surface area contributed by atoms with Crippen molar-refractivity contribution in [2.75, 3.05) is 7.11 Å². The zero-order chi connectivity index (χ0) is 14.0. The third-order valence-electron chi connectivity index (χ3n) is 2.63. The van der Waals surface area contributed by atoms with Crippen LogP contribution in [0.15, 0.2) is 29.2 Å². The van der Waals surface area contributed by atoms with E-state index in [0.29, 0.717) is 16.7 Å². The summed E-state index contributed by atoms with van der Waals surface area (Å²) in [5.74, 6) is -0.0617. The Hall–Kier alpha value is -2.30. The molecule has 5 heteroatoms. The van der Waals surface area contributed by atoms with Gasteiger partial charge in [-0.1, -0.05) is 0 Å². The first-order chi connectivity index (χ1) is 9.02. The molecule has 0 saturated heterocycles. The molecule has 0 unspecified atom stereocenters. The fourth-order valence-electron chi connectivity index (χ4n) is 1.80. The van der Waals surface area contributed by atoms with E-state index in [9.17, 15) is 9.59 Å². The Morgan fingerprint density at radius 3 is 2.68 bits per heavy atom. The summed E-state index contributed by atoms with van der Waals surface area (Å²) in [5.41, 5.74) is 0.264. The molecule has 0 spiro atoms. The zero-order valence-corrected chi connectivity index (χ0v) is 11.0. The Balaban J connectivity index is 2.59. The van der Waals surface area contributed by atoms with Crippen molar-refractivity contribution in [3.8, 4) is 5.75 Å². The van der Waals surface area contributed by atoms with Crippen molar-refractivity contribution in [3.05, 3.63) is 40.2 Å². The number of benzene rings is 1. The summed E-state index contributed by atoms with van der Waals surface area (Å²) in [6, 6.07) is 5.15. The summed E-state index contributed by atoms with van der Waals surface area (Å²) in [7, 11) is 1.24. The van der Waals surface area contributed by atoms with E-state index < -0.39 is 5.97 Å². The van der Waals surface area contributed by atoms with Gasteiger partial charge >= 0.3 is 5.97 Å². The number of aromatic amines is 1. The smallest absolute Gasteiger partial charge is 0.343 e. The van der Waals surface area contributed by atoms with Crippen LogP contribution in [-0.2, 0) is 4.74 Å². The Bertz CT molecular complexity index is 673. The Morgan fingerprint density at radius 2 is 2.05 bits per heavy atom. The summed E-state index contributed by atoms with van der Waals surface area (Å²) in [4.78, 5) is 26.6. The number of rotatable bonds is 3. The third kappa shape index (κ3) is 2.59. The van der Waals surface area contributed by atoms with E-state index >= 15 is 0 Å². The lowest BCUT2D eigenvalue weighted by atomic mass is 10.1. The maximum atomic E-state index is 12.2. The minimum absolute atomic E-state index is 0.0142. The molecule has 100 valence electrons. The highest BCUT2D eigenvalue weighted by molar-refractivity contribution is 5.93. The molecule has 19 heavy (non-hydrogen) atoms. The molecule has 0 fully saturated rings. The molecule has 2 aromatic rings. The van der Waals surface area contributed by atoms with Gasteiger partial charge in [0.05, 0.1) is 18.6 Å². The molecule has 5 nitrogen and oxygen atoms in total. The molecule has 0 aliphatic carbocycles. The zero-order valence-electron chi connectivity index (χ0n) is 11.0. The van der Waals surface area contributed by atoms with Gasteiger partial charge in [-0.3, -0.25) is 4.79 Å². The van der Waals surface area contributed by atoms with Crippen molar-refractivity contribution in [1.29, 1.82) is 0 Å². The van der Waals surface area contributed by atoms with Crippen LogP contribution in [0.4, 0.5) is 0 Å². The van der Waals surface area contributed by atoms with Gasteiger partial charge in [0.2, 0.25) is 5.43 Å². The summed E-state index contributed by atoms with van der Waals surface area (Å²) in [6.45, 7) is 3.80. The van der Waals surface area contributed by atoms with Gasteiger partial charge in [-0.05, 0) is 32.0 Å². The van der Waals surface area contributed by atoms with Gasteiger partial charge in [0.25, 0.3) is 0 Å². The Kier molecular flexibility index (Phi) is 3.55. The molecule has 2 rings (SSSR count). The van der Waals surface area contributed by atoms with Crippen LogP contribution in [-0.4, -0.2) is 24.2 Å². The van der Waals surface area contributed by atoms with Crippen molar-refractivity contribution in [2.45, 2.75) is 20.0 Å². The fraction of sp³-hybridized carbons (Fsp3) is 0.286. The van der Waals surface area contributed by atoms with Crippen LogP contribution in [0.25, 0.3) is 10.9 Å². The van der Waals surface area contributed by atoms with Crippen LogP contribution >= 0.6 is 0 Å². The molecule has 0 saturated carbocycles. The van der Waals surface area contributed by atoms with Crippen molar-refractivity contribution >= 4 is 16.9 Å². The minimum atomic E-state index is -0.654. The average molecular weight is 261 g/mol. The predicted molar refractivity (Wildman–Crippen MR) is 71.7 cm³/mol. The lowest BCUT2D eigenvalue weighted by Gasteiger charge is -2.10. The fourth-order valence-corrected chi connectivity index (χ4v) is 1.80.